The van der Waals surface area contributed by atoms with Gasteiger partial charge in [0.2, 0.25) is 0 Å². The minimum atomic E-state index is -0.964. The number of hydrogen-bond acceptors (Lipinski definition) is 5. The first-order chi connectivity index (χ1) is 13.5. The average molecular weight is 533 g/mol. The van der Waals surface area contributed by atoms with Gasteiger partial charge in [-0.1, -0.05) is 12.1 Å². The number of methoxy groups -OCH3 is 1. The summed E-state index contributed by atoms with van der Waals surface area (Å²) in [6.45, 7) is 6.87. The van der Waals surface area contributed by atoms with Gasteiger partial charge in [-0.15, -0.1) is 24.0 Å². The van der Waals surface area contributed by atoms with Crippen molar-refractivity contribution >= 4 is 41.3 Å². The van der Waals surface area contributed by atoms with Gasteiger partial charge in [0.1, 0.15) is 11.4 Å². The molecular formula is C21H32IN3O3S. The molecule has 3 N–H and O–H groups in total. The molecular weight excluding hydrogens is 501 g/mol. The highest BCUT2D eigenvalue weighted by molar-refractivity contribution is 14.0. The highest BCUT2D eigenvalue weighted by Gasteiger charge is 2.23. The summed E-state index contributed by atoms with van der Waals surface area (Å²) in [6.07, 6.45) is 0.887. The summed E-state index contributed by atoms with van der Waals surface area (Å²) in [5.74, 6) is 1.50. The van der Waals surface area contributed by atoms with Crippen LogP contribution in [0.25, 0.3) is 0 Å². The van der Waals surface area contributed by atoms with Gasteiger partial charge in [-0.25, -0.2) is 4.99 Å². The minimum absolute atomic E-state index is 0. The fourth-order valence-electron chi connectivity index (χ4n) is 2.53. The van der Waals surface area contributed by atoms with Gasteiger partial charge in [0.05, 0.1) is 20.2 Å². The second-order valence-corrected chi connectivity index (χ2v) is 7.41. The SMILES string of the molecule is CCOCCCNC(=NCc1ccc(OC)cc1)NCC(C)(O)c1ccsc1.I. The summed E-state index contributed by atoms with van der Waals surface area (Å²) in [5, 5.41) is 21.2. The Kier molecular flexibility index (Phi) is 12.2. The minimum Gasteiger partial charge on any atom is -0.497 e. The molecule has 0 saturated heterocycles. The van der Waals surface area contributed by atoms with Crippen LogP contribution in [-0.2, 0) is 16.9 Å². The molecule has 0 aliphatic rings. The van der Waals surface area contributed by atoms with Gasteiger partial charge in [-0.2, -0.15) is 11.3 Å². The van der Waals surface area contributed by atoms with E-state index in [1.165, 1.54) is 0 Å². The lowest BCUT2D eigenvalue weighted by molar-refractivity contribution is 0.0621. The molecule has 0 aliphatic heterocycles. The van der Waals surface area contributed by atoms with E-state index in [-0.39, 0.29) is 24.0 Å². The largest absolute Gasteiger partial charge is 0.497 e. The number of guanidine groups is 1. The van der Waals surface area contributed by atoms with Crippen LogP contribution in [0.5, 0.6) is 5.75 Å². The van der Waals surface area contributed by atoms with E-state index in [1.807, 2.05) is 48.0 Å². The number of aliphatic imine (C=N–C) groups is 1. The van der Waals surface area contributed by atoms with E-state index in [4.69, 9.17) is 9.47 Å². The molecule has 0 aliphatic carbocycles. The zero-order valence-electron chi connectivity index (χ0n) is 17.3. The van der Waals surface area contributed by atoms with Gasteiger partial charge in [-0.3, -0.25) is 0 Å². The van der Waals surface area contributed by atoms with Crippen LogP contribution in [-0.4, -0.2) is 44.5 Å². The smallest absolute Gasteiger partial charge is 0.191 e. The molecule has 8 heteroatoms. The summed E-state index contributed by atoms with van der Waals surface area (Å²) in [5.41, 5.74) is 1.02. The zero-order valence-corrected chi connectivity index (χ0v) is 20.5. The number of hydrogen-bond donors (Lipinski definition) is 3. The monoisotopic (exact) mass is 533 g/mol. The van der Waals surface area contributed by atoms with Crippen LogP contribution in [0.15, 0.2) is 46.1 Å². The molecule has 0 fully saturated rings. The lowest BCUT2D eigenvalue weighted by Gasteiger charge is -2.24. The number of thiophene rings is 1. The van der Waals surface area contributed by atoms with Crippen LogP contribution in [0.4, 0.5) is 0 Å². The number of ether oxygens (including phenoxy) is 2. The number of nitrogens with one attached hydrogen (secondary N) is 2. The Morgan fingerprint density at radius 1 is 1.21 bits per heavy atom. The topological polar surface area (TPSA) is 75.1 Å². The molecule has 6 nitrogen and oxygen atoms in total. The Morgan fingerprint density at radius 2 is 1.97 bits per heavy atom. The summed E-state index contributed by atoms with van der Waals surface area (Å²) >= 11 is 1.57. The maximum Gasteiger partial charge on any atom is 0.191 e. The number of nitrogens with zero attached hydrogens (tertiary/aromatic N) is 1. The third-order valence-corrected chi connectivity index (χ3v) is 4.97. The highest BCUT2D eigenvalue weighted by atomic mass is 127. The molecule has 0 amide bonds. The molecule has 29 heavy (non-hydrogen) atoms. The van der Waals surface area contributed by atoms with E-state index in [2.05, 4.69) is 15.6 Å². The van der Waals surface area contributed by atoms with Crippen LogP contribution in [0.2, 0.25) is 0 Å². The van der Waals surface area contributed by atoms with Gasteiger partial charge in [0.15, 0.2) is 5.96 Å². The number of benzene rings is 1. The molecule has 1 aromatic heterocycles. The number of halogens is 1. The third kappa shape index (κ3) is 9.33. The lowest BCUT2D eigenvalue weighted by atomic mass is 9.99. The highest BCUT2D eigenvalue weighted by Crippen LogP contribution is 2.22. The summed E-state index contributed by atoms with van der Waals surface area (Å²) in [7, 11) is 1.65. The molecule has 1 unspecified atom stereocenters. The molecule has 0 spiro atoms. The van der Waals surface area contributed by atoms with Crippen LogP contribution in [0, 0.1) is 0 Å². The Hall–Kier alpha value is -1.36. The van der Waals surface area contributed by atoms with Crippen LogP contribution >= 0.6 is 35.3 Å². The Morgan fingerprint density at radius 3 is 2.59 bits per heavy atom. The molecule has 1 heterocycles. The second kappa shape index (κ2) is 13.8. The standard InChI is InChI=1S/C21H31N3O3S.HI/c1-4-27-12-5-11-22-20(23-14-17-6-8-19(26-3)9-7-17)24-16-21(2,25)18-10-13-28-15-18;/h6-10,13,15,25H,4-5,11-12,14,16H2,1-3H3,(H2,22,23,24);1H. The molecule has 162 valence electrons. The van der Waals surface area contributed by atoms with Gasteiger partial charge >= 0.3 is 0 Å². The molecule has 2 rings (SSSR count). The quantitative estimate of drug-likeness (QED) is 0.178. The van der Waals surface area contributed by atoms with Crippen molar-refractivity contribution in [2.24, 2.45) is 4.99 Å². The van der Waals surface area contributed by atoms with Gasteiger partial charge in [-0.05, 0) is 60.4 Å². The van der Waals surface area contributed by atoms with Crippen molar-refractivity contribution in [2.75, 3.05) is 33.4 Å². The van der Waals surface area contributed by atoms with E-state index in [0.717, 1.165) is 36.4 Å². The Bertz CT molecular complexity index is 706. The first kappa shape index (κ1) is 25.7. The van der Waals surface area contributed by atoms with Crippen molar-refractivity contribution in [1.29, 1.82) is 0 Å². The first-order valence-electron chi connectivity index (χ1n) is 9.53. The molecule has 1 atom stereocenters. The van der Waals surface area contributed by atoms with Crippen molar-refractivity contribution in [3.8, 4) is 5.75 Å². The van der Waals surface area contributed by atoms with Crippen LogP contribution < -0.4 is 15.4 Å². The second-order valence-electron chi connectivity index (χ2n) is 6.63. The van der Waals surface area contributed by atoms with Crippen molar-refractivity contribution < 1.29 is 14.6 Å². The predicted octanol–water partition coefficient (Wildman–Crippen LogP) is 3.74. The van der Waals surface area contributed by atoms with Gasteiger partial charge in [0.25, 0.3) is 0 Å². The average Bonchev–Trinajstić information content (AvgIpc) is 3.25. The molecule has 0 bridgehead atoms. The Labute approximate surface area is 194 Å². The van der Waals surface area contributed by atoms with E-state index in [9.17, 15) is 5.11 Å². The zero-order chi connectivity index (χ0) is 20.2. The predicted molar refractivity (Wildman–Crippen MR) is 131 cm³/mol. The van der Waals surface area contributed by atoms with Gasteiger partial charge < -0.3 is 25.2 Å². The lowest BCUT2D eigenvalue weighted by Crippen LogP contribution is -2.44. The van der Waals surface area contributed by atoms with E-state index in [1.54, 1.807) is 25.4 Å². The maximum atomic E-state index is 10.7. The molecule has 1 aromatic carbocycles. The summed E-state index contributed by atoms with van der Waals surface area (Å²) < 4.78 is 10.6. The van der Waals surface area contributed by atoms with E-state index < -0.39 is 5.60 Å². The van der Waals surface area contributed by atoms with E-state index >= 15 is 0 Å². The van der Waals surface area contributed by atoms with Crippen LogP contribution in [0.1, 0.15) is 31.4 Å². The summed E-state index contributed by atoms with van der Waals surface area (Å²) in [6, 6.07) is 9.78. The first-order valence-corrected chi connectivity index (χ1v) is 10.5. The van der Waals surface area contributed by atoms with Crippen LogP contribution in [0.3, 0.4) is 0 Å². The number of aliphatic hydroxyl groups is 1. The molecule has 0 radical (unpaired) electrons. The molecule has 2 aromatic rings. The third-order valence-electron chi connectivity index (χ3n) is 4.28. The number of rotatable bonds is 11. The van der Waals surface area contributed by atoms with Crippen molar-refractivity contribution in [3.05, 3.63) is 52.2 Å². The van der Waals surface area contributed by atoms with Crippen molar-refractivity contribution in [1.82, 2.24) is 10.6 Å². The van der Waals surface area contributed by atoms with E-state index in [0.29, 0.717) is 25.7 Å². The normalized spacial score (nSPS) is 13.3. The molecule has 0 saturated carbocycles. The van der Waals surface area contributed by atoms with Crippen molar-refractivity contribution in [3.63, 3.8) is 0 Å². The van der Waals surface area contributed by atoms with Crippen molar-refractivity contribution in [2.45, 2.75) is 32.4 Å². The summed E-state index contributed by atoms with van der Waals surface area (Å²) in [4.78, 5) is 4.66. The Balaban J connectivity index is 0.00000420. The fraction of sp³-hybridized carbons (Fsp3) is 0.476. The van der Waals surface area contributed by atoms with Gasteiger partial charge in [0, 0.05) is 19.8 Å². The maximum absolute atomic E-state index is 10.7. The fourth-order valence-corrected chi connectivity index (χ4v) is 3.31.